The quantitative estimate of drug-likeness (QED) is 0.730. The van der Waals surface area contributed by atoms with Gasteiger partial charge in [-0.15, -0.1) is 0 Å². The number of aliphatic hydroxyl groups is 1. The van der Waals surface area contributed by atoms with E-state index in [0.717, 1.165) is 18.4 Å². The summed E-state index contributed by atoms with van der Waals surface area (Å²) in [5.41, 5.74) is 0.834. The summed E-state index contributed by atoms with van der Waals surface area (Å²) in [6.45, 7) is 0.728. The van der Waals surface area contributed by atoms with Gasteiger partial charge in [-0.25, -0.2) is 0 Å². The van der Waals surface area contributed by atoms with Gasteiger partial charge in [0.1, 0.15) is 0 Å². The molecule has 0 unspecified atom stereocenters. The molecule has 1 heterocycles. The van der Waals surface area contributed by atoms with E-state index in [9.17, 15) is 4.79 Å². The van der Waals surface area contributed by atoms with Crippen LogP contribution in [0.3, 0.4) is 0 Å². The third-order valence-corrected chi connectivity index (χ3v) is 2.94. The Morgan fingerprint density at radius 3 is 2.88 bits per heavy atom. The first-order valence-corrected chi connectivity index (χ1v) is 5.80. The summed E-state index contributed by atoms with van der Waals surface area (Å²) in [4.78, 5) is 13.5. The predicted octanol–water partition coefficient (Wildman–Crippen LogP) is 1.02. The SMILES string of the molecule is O=C(C#Cc1ccccc1)N1CCC[C@H]1CO. The van der Waals surface area contributed by atoms with E-state index in [-0.39, 0.29) is 18.6 Å². The van der Waals surface area contributed by atoms with Crippen LogP contribution in [0.2, 0.25) is 0 Å². The van der Waals surface area contributed by atoms with Crippen molar-refractivity contribution >= 4 is 5.91 Å². The fraction of sp³-hybridized carbons (Fsp3) is 0.357. The van der Waals surface area contributed by atoms with Crippen LogP contribution in [0.4, 0.5) is 0 Å². The minimum atomic E-state index is -0.189. The molecule has 1 aliphatic heterocycles. The van der Waals surface area contributed by atoms with Gasteiger partial charge in [0.15, 0.2) is 0 Å². The lowest BCUT2D eigenvalue weighted by Gasteiger charge is -2.19. The van der Waals surface area contributed by atoms with Crippen LogP contribution in [0.25, 0.3) is 0 Å². The first kappa shape index (κ1) is 11.7. The molecule has 1 aromatic carbocycles. The zero-order chi connectivity index (χ0) is 12.1. The minimum Gasteiger partial charge on any atom is -0.394 e. The fourth-order valence-corrected chi connectivity index (χ4v) is 2.01. The summed E-state index contributed by atoms with van der Waals surface area (Å²) in [6, 6.07) is 9.38. The summed E-state index contributed by atoms with van der Waals surface area (Å²) in [5, 5.41) is 9.13. The van der Waals surface area contributed by atoms with Gasteiger partial charge in [0.05, 0.1) is 12.6 Å². The Labute approximate surface area is 101 Å². The van der Waals surface area contributed by atoms with E-state index in [1.54, 1.807) is 4.90 Å². The number of nitrogens with zero attached hydrogens (tertiary/aromatic N) is 1. The molecular formula is C14H15NO2. The summed E-state index contributed by atoms with van der Waals surface area (Å²) in [5.74, 6) is 5.28. The van der Waals surface area contributed by atoms with Crippen LogP contribution in [-0.4, -0.2) is 35.1 Å². The van der Waals surface area contributed by atoms with Crippen LogP contribution in [0.15, 0.2) is 30.3 Å². The van der Waals surface area contributed by atoms with Crippen LogP contribution in [-0.2, 0) is 4.79 Å². The van der Waals surface area contributed by atoms with Gasteiger partial charge in [-0.1, -0.05) is 24.1 Å². The number of amides is 1. The summed E-state index contributed by atoms with van der Waals surface area (Å²) >= 11 is 0. The van der Waals surface area contributed by atoms with Crippen molar-refractivity contribution in [1.82, 2.24) is 4.90 Å². The fourth-order valence-electron chi connectivity index (χ4n) is 2.01. The molecule has 1 fully saturated rings. The molecule has 0 spiro atoms. The van der Waals surface area contributed by atoms with Crippen LogP contribution < -0.4 is 0 Å². The van der Waals surface area contributed by atoms with Crippen LogP contribution in [0.1, 0.15) is 18.4 Å². The number of hydrogen-bond acceptors (Lipinski definition) is 2. The highest BCUT2D eigenvalue weighted by Gasteiger charge is 2.26. The zero-order valence-electron chi connectivity index (χ0n) is 9.60. The monoisotopic (exact) mass is 229 g/mol. The third kappa shape index (κ3) is 2.86. The van der Waals surface area contributed by atoms with Crippen molar-refractivity contribution < 1.29 is 9.90 Å². The molecule has 88 valence electrons. The molecule has 1 aromatic rings. The molecule has 1 amide bonds. The normalized spacial score (nSPS) is 18.6. The highest BCUT2D eigenvalue weighted by Crippen LogP contribution is 2.16. The molecule has 0 saturated carbocycles. The van der Waals surface area contributed by atoms with Crippen LogP contribution >= 0.6 is 0 Å². The van der Waals surface area contributed by atoms with E-state index in [1.807, 2.05) is 30.3 Å². The average molecular weight is 229 g/mol. The first-order chi connectivity index (χ1) is 8.31. The largest absolute Gasteiger partial charge is 0.394 e. The standard InChI is InChI=1S/C14H15NO2/c16-11-13-7-4-10-15(13)14(17)9-8-12-5-2-1-3-6-12/h1-3,5-6,13,16H,4,7,10-11H2/t13-/m0/s1. The van der Waals surface area contributed by atoms with Gasteiger partial charge in [-0.05, 0) is 25.0 Å². The van der Waals surface area contributed by atoms with E-state index in [1.165, 1.54) is 0 Å². The molecule has 1 saturated heterocycles. The van der Waals surface area contributed by atoms with E-state index in [4.69, 9.17) is 5.11 Å². The highest BCUT2D eigenvalue weighted by molar-refractivity contribution is 5.94. The number of rotatable bonds is 1. The topological polar surface area (TPSA) is 40.5 Å². The predicted molar refractivity (Wildman–Crippen MR) is 65.1 cm³/mol. The molecule has 2 rings (SSSR count). The van der Waals surface area contributed by atoms with E-state index in [0.29, 0.717) is 6.54 Å². The Balaban J connectivity index is 2.05. The molecular weight excluding hydrogens is 214 g/mol. The number of benzene rings is 1. The van der Waals surface area contributed by atoms with Gasteiger partial charge in [-0.3, -0.25) is 4.79 Å². The summed E-state index contributed by atoms with van der Waals surface area (Å²) < 4.78 is 0. The third-order valence-electron chi connectivity index (χ3n) is 2.94. The number of carbonyl (C=O) groups is 1. The Morgan fingerprint density at radius 2 is 2.18 bits per heavy atom. The maximum Gasteiger partial charge on any atom is 0.299 e. The van der Waals surface area contributed by atoms with Gasteiger partial charge in [0, 0.05) is 18.0 Å². The van der Waals surface area contributed by atoms with Crippen molar-refractivity contribution in [2.45, 2.75) is 18.9 Å². The number of hydrogen-bond donors (Lipinski definition) is 1. The molecule has 1 atom stereocenters. The zero-order valence-corrected chi connectivity index (χ0v) is 9.60. The molecule has 0 radical (unpaired) electrons. The van der Waals surface area contributed by atoms with Crippen molar-refractivity contribution in [3.63, 3.8) is 0 Å². The lowest BCUT2D eigenvalue weighted by molar-refractivity contribution is -0.126. The number of aliphatic hydroxyl groups excluding tert-OH is 1. The van der Waals surface area contributed by atoms with E-state index >= 15 is 0 Å². The first-order valence-electron chi connectivity index (χ1n) is 5.80. The van der Waals surface area contributed by atoms with Crippen LogP contribution in [0.5, 0.6) is 0 Å². The lowest BCUT2D eigenvalue weighted by Crippen LogP contribution is -2.36. The van der Waals surface area contributed by atoms with Crippen molar-refractivity contribution in [3.8, 4) is 11.8 Å². The van der Waals surface area contributed by atoms with Crippen molar-refractivity contribution in [2.75, 3.05) is 13.2 Å². The van der Waals surface area contributed by atoms with Gasteiger partial charge in [-0.2, -0.15) is 0 Å². The van der Waals surface area contributed by atoms with Gasteiger partial charge in [0.2, 0.25) is 0 Å². The second kappa shape index (κ2) is 5.51. The van der Waals surface area contributed by atoms with Crippen LogP contribution in [0, 0.1) is 11.8 Å². The second-order valence-corrected chi connectivity index (χ2v) is 4.09. The molecule has 1 aliphatic rings. The molecule has 3 heteroatoms. The van der Waals surface area contributed by atoms with Gasteiger partial charge in [0.25, 0.3) is 5.91 Å². The maximum absolute atomic E-state index is 11.8. The maximum atomic E-state index is 11.8. The smallest absolute Gasteiger partial charge is 0.299 e. The van der Waals surface area contributed by atoms with Gasteiger partial charge >= 0.3 is 0 Å². The number of carbonyl (C=O) groups excluding carboxylic acids is 1. The molecule has 1 N–H and O–H groups in total. The van der Waals surface area contributed by atoms with Crippen molar-refractivity contribution in [3.05, 3.63) is 35.9 Å². The van der Waals surface area contributed by atoms with Crippen molar-refractivity contribution in [2.24, 2.45) is 0 Å². The number of likely N-dealkylation sites (tertiary alicyclic amines) is 1. The summed E-state index contributed by atoms with van der Waals surface area (Å²) in [6.07, 6.45) is 1.82. The Kier molecular flexibility index (Phi) is 3.79. The Bertz CT molecular complexity index is 444. The van der Waals surface area contributed by atoms with Gasteiger partial charge < -0.3 is 10.0 Å². The minimum absolute atomic E-state index is 0.0265. The van der Waals surface area contributed by atoms with E-state index < -0.39 is 0 Å². The molecule has 0 aliphatic carbocycles. The second-order valence-electron chi connectivity index (χ2n) is 4.09. The molecule has 0 aromatic heterocycles. The molecule has 0 bridgehead atoms. The summed E-state index contributed by atoms with van der Waals surface area (Å²) in [7, 11) is 0. The highest BCUT2D eigenvalue weighted by atomic mass is 16.3. The Morgan fingerprint density at radius 1 is 1.41 bits per heavy atom. The molecule has 3 nitrogen and oxygen atoms in total. The van der Waals surface area contributed by atoms with Crippen molar-refractivity contribution in [1.29, 1.82) is 0 Å². The average Bonchev–Trinajstić information content (AvgIpc) is 2.85. The Hall–Kier alpha value is -1.79. The lowest BCUT2D eigenvalue weighted by atomic mass is 10.2. The molecule has 17 heavy (non-hydrogen) atoms. The van der Waals surface area contributed by atoms with E-state index in [2.05, 4.69) is 11.8 Å².